The summed E-state index contributed by atoms with van der Waals surface area (Å²) in [5.74, 6) is 0. The molecule has 1 aliphatic heterocycles. The first kappa shape index (κ1) is 8.86. The summed E-state index contributed by atoms with van der Waals surface area (Å²) in [7, 11) is 1.94. The highest BCUT2D eigenvalue weighted by Crippen LogP contribution is 2.07. The molecule has 0 N–H and O–H groups in total. The molecule has 0 spiro atoms. The first-order valence-electron chi connectivity index (χ1n) is 2.52. The third-order valence-corrected chi connectivity index (χ3v) is 1.54. The maximum Gasteiger partial charge on any atom is 0.122 e. The summed E-state index contributed by atoms with van der Waals surface area (Å²) in [5, 5.41) is 0. The number of hydrogen-bond acceptors (Lipinski definition) is 1. The van der Waals surface area contributed by atoms with Crippen molar-refractivity contribution in [1.82, 2.24) is 4.90 Å². The van der Waals surface area contributed by atoms with Gasteiger partial charge in [0.1, 0.15) is 5.50 Å². The Morgan fingerprint density at radius 1 is 1.44 bits per heavy atom. The van der Waals surface area contributed by atoms with Gasteiger partial charge in [0.25, 0.3) is 0 Å². The molecule has 1 atom stereocenters. The second kappa shape index (κ2) is 3.80. The molecule has 52 valence electrons. The molecule has 0 aromatic carbocycles. The van der Waals surface area contributed by atoms with Gasteiger partial charge in [-0.1, -0.05) is 17.7 Å². The van der Waals surface area contributed by atoms with E-state index < -0.39 is 0 Å². The minimum Gasteiger partial charge on any atom is -0.361 e. The molecule has 0 radical (unpaired) electrons. The highest BCUT2D eigenvalue weighted by Gasteiger charge is 2.03. The fourth-order valence-electron chi connectivity index (χ4n) is 0.559. The molecule has 1 aliphatic rings. The molecule has 0 fully saturated rings. The number of hydrogen-bond donors (Lipinski definition) is 0. The van der Waals surface area contributed by atoms with Gasteiger partial charge in [-0.15, -0.1) is 12.4 Å². The highest BCUT2D eigenvalue weighted by atomic mass is 35.5. The molecular weight excluding hydrogens is 157 g/mol. The molecule has 0 aromatic rings. The van der Waals surface area contributed by atoms with Crippen LogP contribution in [0.2, 0.25) is 0 Å². The molecule has 1 unspecified atom stereocenters. The summed E-state index contributed by atoms with van der Waals surface area (Å²) in [4.78, 5) is 1.93. The minimum absolute atomic E-state index is 0. The van der Waals surface area contributed by atoms with Crippen LogP contribution in [0.25, 0.3) is 0 Å². The standard InChI is InChI=1S/C6H8ClN.ClH/c1-8-5-3-2-4-6(8)7;/h2-6H,1H3;1H. The van der Waals surface area contributed by atoms with Gasteiger partial charge in [0.05, 0.1) is 0 Å². The van der Waals surface area contributed by atoms with Crippen LogP contribution in [0.5, 0.6) is 0 Å². The minimum atomic E-state index is 0. The van der Waals surface area contributed by atoms with Gasteiger partial charge >= 0.3 is 0 Å². The predicted molar refractivity (Wildman–Crippen MR) is 42.9 cm³/mol. The topological polar surface area (TPSA) is 3.24 Å². The van der Waals surface area contributed by atoms with Crippen molar-refractivity contribution in [3.63, 3.8) is 0 Å². The molecule has 0 bridgehead atoms. The number of nitrogens with zero attached hydrogens (tertiary/aromatic N) is 1. The maximum absolute atomic E-state index is 5.75. The van der Waals surface area contributed by atoms with Crippen molar-refractivity contribution in [2.75, 3.05) is 7.05 Å². The molecule has 1 nitrogen and oxygen atoms in total. The third kappa shape index (κ3) is 2.29. The highest BCUT2D eigenvalue weighted by molar-refractivity contribution is 6.21. The van der Waals surface area contributed by atoms with Gasteiger partial charge < -0.3 is 4.90 Å². The maximum atomic E-state index is 5.75. The predicted octanol–water partition coefficient (Wildman–Crippen LogP) is 1.99. The number of halogens is 2. The Bertz CT molecular complexity index is 115. The Morgan fingerprint density at radius 2 is 2.11 bits per heavy atom. The molecule has 9 heavy (non-hydrogen) atoms. The lowest BCUT2D eigenvalue weighted by Gasteiger charge is -2.19. The van der Waals surface area contributed by atoms with E-state index in [-0.39, 0.29) is 17.9 Å². The van der Waals surface area contributed by atoms with Crippen molar-refractivity contribution in [3.8, 4) is 0 Å². The second-order valence-electron chi connectivity index (χ2n) is 1.76. The first-order valence-corrected chi connectivity index (χ1v) is 2.95. The third-order valence-electron chi connectivity index (χ3n) is 1.09. The van der Waals surface area contributed by atoms with Crippen molar-refractivity contribution < 1.29 is 0 Å². The second-order valence-corrected chi connectivity index (χ2v) is 2.21. The van der Waals surface area contributed by atoms with Crippen LogP contribution in [-0.4, -0.2) is 17.4 Å². The van der Waals surface area contributed by atoms with Gasteiger partial charge in [-0.3, -0.25) is 0 Å². The summed E-state index contributed by atoms with van der Waals surface area (Å²) < 4.78 is 0. The average molecular weight is 166 g/mol. The molecule has 0 amide bonds. The molecule has 1 rings (SSSR count). The van der Waals surface area contributed by atoms with Crippen molar-refractivity contribution in [3.05, 3.63) is 24.4 Å². The smallest absolute Gasteiger partial charge is 0.122 e. The Kier molecular flexibility index (Phi) is 3.75. The molecule has 0 aliphatic carbocycles. The normalized spacial score (nSPS) is 23.8. The summed E-state index contributed by atoms with van der Waals surface area (Å²) in [6, 6.07) is 0. The van der Waals surface area contributed by atoms with Gasteiger partial charge in [-0.25, -0.2) is 0 Å². The lowest BCUT2D eigenvalue weighted by molar-refractivity contribution is 0.467. The molecule has 0 aromatic heterocycles. The molecule has 0 saturated heterocycles. The van der Waals surface area contributed by atoms with E-state index >= 15 is 0 Å². The molecule has 0 saturated carbocycles. The lowest BCUT2D eigenvalue weighted by atomic mass is 10.4. The van der Waals surface area contributed by atoms with Crippen LogP contribution in [-0.2, 0) is 0 Å². The summed E-state index contributed by atoms with van der Waals surface area (Å²) in [5.41, 5.74) is 0.0417. The van der Waals surface area contributed by atoms with Gasteiger partial charge in [-0.2, -0.15) is 0 Å². The Labute approximate surface area is 66.4 Å². The lowest BCUT2D eigenvalue weighted by Crippen LogP contribution is -2.20. The number of rotatable bonds is 0. The van der Waals surface area contributed by atoms with Crippen LogP contribution in [0.1, 0.15) is 0 Å². The van der Waals surface area contributed by atoms with Crippen molar-refractivity contribution in [2.45, 2.75) is 5.50 Å². The van der Waals surface area contributed by atoms with Gasteiger partial charge in [-0.05, 0) is 12.2 Å². The Balaban J connectivity index is 0.000000640. The zero-order valence-corrected chi connectivity index (χ0v) is 6.69. The van der Waals surface area contributed by atoms with Gasteiger partial charge in [0, 0.05) is 13.2 Å². The fourth-order valence-corrected chi connectivity index (χ4v) is 0.708. The van der Waals surface area contributed by atoms with Crippen LogP contribution >= 0.6 is 24.0 Å². The zero-order valence-electron chi connectivity index (χ0n) is 5.12. The quantitative estimate of drug-likeness (QED) is 0.393. The van der Waals surface area contributed by atoms with Crippen LogP contribution in [0.3, 0.4) is 0 Å². The number of likely N-dealkylation sites (N-methyl/N-ethyl adjacent to an activating group) is 1. The van der Waals surface area contributed by atoms with Crippen molar-refractivity contribution >= 4 is 24.0 Å². The van der Waals surface area contributed by atoms with Gasteiger partial charge in [0.15, 0.2) is 0 Å². The van der Waals surface area contributed by atoms with E-state index in [9.17, 15) is 0 Å². The number of allylic oxidation sites excluding steroid dienone is 2. The Morgan fingerprint density at radius 3 is 2.44 bits per heavy atom. The fraction of sp³-hybridized carbons (Fsp3) is 0.333. The van der Waals surface area contributed by atoms with Crippen LogP contribution < -0.4 is 0 Å². The van der Waals surface area contributed by atoms with E-state index in [0.29, 0.717) is 0 Å². The van der Waals surface area contributed by atoms with E-state index in [4.69, 9.17) is 11.6 Å². The molecule has 1 heterocycles. The SMILES string of the molecule is CN1C=CC=CC1Cl.Cl. The van der Waals surface area contributed by atoms with Crippen molar-refractivity contribution in [1.29, 1.82) is 0 Å². The largest absolute Gasteiger partial charge is 0.361 e. The average Bonchev–Trinajstić information content (AvgIpc) is 1.77. The summed E-state index contributed by atoms with van der Waals surface area (Å²) in [6.07, 6.45) is 7.77. The van der Waals surface area contributed by atoms with E-state index in [1.807, 2.05) is 36.4 Å². The molecule has 3 heteroatoms. The van der Waals surface area contributed by atoms with E-state index in [0.717, 1.165) is 0 Å². The van der Waals surface area contributed by atoms with Crippen LogP contribution in [0.4, 0.5) is 0 Å². The first-order chi connectivity index (χ1) is 3.80. The van der Waals surface area contributed by atoms with E-state index in [1.54, 1.807) is 0 Å². The summed E-state index contributed by atoms with van der Waals surface area (Å²) >= 11 is 5.75. The monoisotopic (exact) mass is 165 g/mol. The number of alkyl halides is 1. The van der Waals surface area contributed by atoms with E-state index in [2.05, 4.69) is 0 Å². The van der Waals surface area contributed by atoms with Gasteiger partial charge in [0.2, 0.25) is 0 Å². The molecular formula is C6H9Cl2N. The van der Waals surface area contributed by atoms with Crippen LogP contribution in [0, 0.1) is 0 Å². The zero-order chi connectivity index (χ0) is 5.98. The van der Waals surface area contributed by atoms with E-state index in [1.165, 1.54) is 0 Å². The van der Waals surface area contributed by atoms with Crippen LogP contribution in [0.15, 0.2) is 24.4 Å². The Hall–Kier alpha value is -0.140. The summed E-state index contributed by atoms with van der Waals surface area (Å²) in [6.45, 7) is 0. The van der Waals surface area contributed by atoms with Crippen molar-refractivity contribution in [2.24, 2.45) is 0 Å².